The second-order valence-corrected chi connectivity index (χ2v) is 6.69. The summed E-state index contributed by atoms with van der Waals surface area (Å²) in [6.07, 6.45) is 2.01. The highest BCUT2D eigenvalue weighted by Crippen LogP contribution is 2.35. The Morgan fingerprint density at radius 3 is 2.48 bits per heavy atom. The van der Waals surface area contributed by atoms with Crippen LogP contribution >= 0.6 is 0 Å². The molecule has 0 spiro atoms. The highest BCUT2D eigenvalue weighted by atomic mass is 16.5. The van der Waals surface area contributed by atoms with E-state index in [9.17, 15) is 4.79 Å². The third kappa shape index (κ3) is 3.69. The molecule has 2 aromatic rings. The van der Waals surface area contributed by atoms with Gasteiger partial charge in [0.1, 0.15) is 5.75 Å². The number of nitrogens with two attached hydrogens (primary N) is 1. The van der Waals surface area contributed by atoms with Crippen LogP contribution in [0, 0.1) is 5.92 Å². The molecule has 1 aliphatic rings. The van der Waals surface area contributed by atoms with E-state index < -0.39 is 0 Å². The molecule has 1 heterocycles. The molecule has 1 amide bonds. The van der Waals surface area contributed by atoms with E-state index in [1.54, 1.807) is 7.11 Å². The van der Waals surface area contributed by atoms with Gasteiger partial charge in [0.25, 0.3) is 0 Å². The maximum atomic E-state index is 13.1. The summed E-state index contributed by atoms with van der Waals surface area (Å²) in [6, 6.07) is 17.7. The molecule has 4 heteroatoms. The van der Waals surface area contributed by atoms with Crippen molar-refractivity contribution in [1.82, 2.24) is 4.90 Å². The lowest BCUT2D eigenvalue weighted by Gasteiger charge is -2.30. The number of likely N-dealkylation sites (tertiary alicyclic amines) is 1. The average Bonchev–Trinajstić information content (AvgIpc) is 3.16. The minimum Gasteiger partial charge on any atom is -0.497 e. The van der Waals surface area contributed by atoms with Crippen LogP contribution in [0.2, 0.25) is 0 Å². The van der Waals surface area contributed by atoms with Crippen molar-refractivity contribution in [3.63, 3.8) is 0 Å². The topological polar surface area (TPSA) is 55.6 Å². The third-order valence-electron chi connectivity index (χ3n) is 5.15. The molecule has 0 aliphatic carbocycles. The summed E-state index contributed by atoms with van der Waals surface area (Å²) in [7, 11) is 1.66. The fraction of sp³-hybridized carbons (Fsp3) is 0.381. The summed E-state index contributed by atoms with van der Waals surface area (Å²) < 4.78 is 5.23. The number of hydrogen-bond acceptors (Lipinski definition) is 3. The molecule has 3 rings (SSSR count). The zero-order chi connectivity index (χ0) is 17.8. The van der Waals surface area contributed by atoms with Crippen LogP contribution in [0.1, 0.15) is 43.0 Å². The molecule has 4 nitrogen and oxygen atoms in total. The number of methoxy groups -OCH3 is 1. The fourth-order valence-corrected chi connectivity index (χ4v) is 3.58. The van der Waals surface area contributed by atoms with Crippen molar-refractivity contribution >= 4 is 5.91 Å². The van der Waals surface area contributed by atoms with Gasteiger partial charge in [0.2, 0.25) is 5.91 Å². The van der Waals surface area contributed by atoms with Crippen molar-refractivity contribution in [3.8, 4) is 5.75 Å². The number of rotatable bonds is 5. The molecular formula is C21H26N2O2. The SMILES string of the molecule is COc1ccc([C@@H]2CCCN2C(=O)[C@@H](C)[C@H](N)c2ccccc2)cc1. The van der Waals surface area contributed by atoms with Gasteiger partial charge in [-0.05, 0) is 36.1 Å². The molecule has 2 aromatic carbocycles. The molecular weight excluding hydrogens is 312 g/mol. The van der Waals surface area contributed by atoms with Gasteiger partial charge >= 0.3 is 0 Å². The Bertz CT molecular complexity index is 700. The minimum atomic E-state index is -0.286. The average molecular weight is 338 g/mol. The number of carbonyl (C=O) groups is 1. The molecule has 1 fully saturated rings. The zero-order valence-electron chi connectivity index (χ0n) is 14.9. The Labute approximate surface area is 149 Å². The second-order valence-electron chi connectivity index (χ2n) is 6.69. The van der Waals surface area contributed by atoms with Crippen LogP contribution in [0.3, 0.4) is 0 Å². The standard InChI is InChI=1S/C21H26N2O2/c1-15(20(22)17-7-4-3-5-8-17)21(24)23-14-6-9-19(23)16-10-12-18(25-2)13-11-16/h3-5,7-8,10-13,15,19-20H,6,9,14,22H2,1-2H3/t15-,19-,20-/m0/s1. The van der Waals surface area contributed by atoms with E-state index >= 15 is 0 Å². The Kier molecular flexibility index (Phi) is 5.39. The summed E-state index contributed by atoms with van der Waals surface area (Å²) in [4.78, 5) is 15.1. The number of ether oxygens (including phenoxy) is 1. The highest BCUT2D eigenvalue weighted by Gasteiger charge is 2.34. The van der Waals surface area contributed by atoms with Crippen LogP contribution in [-0.4, -0.2) is 24.5 Å². The van der Waals surface area contributed by atoms with E-state index in [2.05, 4.69) is 12.1 Å². The van der Waals surface area contributed by atoms with Gasteiger partial charge in [-0.1, -0.05) is 49.4 Å². The molecule has 1 aliphatic heterocycles. The quantitative estimate of drug-likeness (QED) is 0.904. The first-order chi connectivity index (χ1) is 12.1. The number of carbonyl (C=O) groups excluding carboxylic acids is 1. The Hall–Kier alpha value is -2.33. The molecule has 1 saturated heterocycles. The summed E-state index contributed by atoms with van der Waals surface area (Å²) in [5.41, 5.74) is 8.53. The van der Waals surface area contributed by atoms with Crippen molar-refractivity contribution in [3.05, 3.63) is 65.7 Å². The number of benzene rings is 2. The van der Waals surface area contributed by atoms with Gasteiger partial charge in [-0.15, -0.1) is 0 Å². The normalized spacial score (nSPS) is 19.5. The first-order valence-corrected chi connectivity index (χ1v) is 8.86. The molecule has 0 saturated carbocycles. The maximum Gasteiger partial charge on any atom is 0.227 e. The van der Waals surface area contributed by atoms with Gasteiger partial charge in [-0.3, -0.25) is 4.79 Å². The van der Waals surface area contributed by atoms with Crippen molar-refractivity contribution in [2.24, 2.45) is 11.7 Å². The fourth-order valence-electron chi connectivity index (χ4n) is 3.58. The van der Waals surface area contributed by atoms with Gasteiger partial charge in [-0.25, -0.2) is 0 Å². The third-order valence-corrected chi connectivity index (χ3v) is 5.15. The lowest BCUT2D eigenvalue weighted by molar-refractivity contribution is -0.136. The second kappa shape index (κ2) is 7.70. The van der Waals surface area contributed by atoms with E-state index in [0.717, 1.165) is 36.3 Å². The smallest absolute Gasteiger partial charge is 0.227 e. The summed E-state index contributed by atoms with van der Waals surface area (Å²) in [5, 5.41) is 0. The van der Waals surface area contributed by atoms with E-state index in [0.29, 0.717) is 0 Å². The van der Waals surface area contributed by atoms with Crippen molar-refractivity contribution < 1.29 is 9.53 Å². The van der Waals surface area contributed by atoms with Gasteiger partial charge in [-0.2, -0.15) is 0 Å². The Balaban J connectivity index is 1.75. The number of hydrogen-bond donors (Lipinski definition) is 1. The minimum absolute atomic E-state index is 0.129. The van der Waals surface area contributed by atoms with Crippen molar-refractivity contribution in [2.75, 3.05) is 13.7 Å². The predicted molar refractivity (Wildman–Crippen MR) is 99.2 cm³/mol. The van der Waals surface area contributed by atoms with Gasteiger partial charge in [0.15, 0.2) is 0 Å². The number of amides is 1. The van der Waals surface area contributed by atoms with Crippen LogP contribution in [0.15, 0.2) is 54.6 Å². The lowest BCUT2D eigenvalue weighted by atomic mass is 9.93. The first-order valence-electron chi connectivity index (χ1n) is 8.86. The summed E-state index contributed by atoms with van der Waals surface area (Å²) in [6.45, 7) is 2.73. The Morgan fingerprint density at radius 1 is 1.16 bits per heavy atom. The molecule has 2 N–H and O–H groups in total. The van der Waals surface area contributed by atoms with Crippen LogP contribution in [-0.2, 0) is 4.79 Å². The zero-order valence-corrected chi connectivity index (χ0v) is 14.9. The van der Waals surface area contributed by atoms with Crippen LogP contribution in [0.25, 0.3) is 0 Å². The maximum absolute atomic E-state index is 13.1. The first kappa shape index (κ1) is 17.5. The van der Waals surface area contributed by atoms with Crippen molar-refractivity contribution in [2.45, 2.75) is 31.8 Å². The molecule has 0 radical (unpaired) electrons. The van der Waals surface area contributed by atoms with Crippen molar-refractivity contribution in [1.29, 1.82) is 0 Å². The van der Waals surface area contributed by atoms with E-state index in [4.69, 9.17) is 10.5 Å². The molecule has 3 atom stereocenters. The van der Waals surface area contributed by atoms with Crippen LogP contribution in [0.5, 0.6) is 5.75 Å². The molecule has 0 bridgehead atoms. The monoisotopic (exact) mass is 338 g/mol. The van der Waals surface area contributed by atoms with E-state index in [1.807, 2.05) is 54.3 Å². The molecule has 0 aromatic heterocycles. The largest absolute Gasteiger partial charge is 0.497 e. The van der Waals surface area contributed by atoms with Gasteiger partial charge < -0.3 is 15.4 Å². The number of nitrogens with zero attached hydrogens (tertiary/aromatic N) is 1. The molecule has 132 valence electrons. The van der Waals surface area contributed by atoms with E-state index in [1.165, 1.54) is 0 Å². The predicted octanol–water partition coefficient (Wildman–Crippen LogP) is 3.69. The summed E-state index contributed by atoms with van der Waals surface area (Å²) >= 11 is 0. The highest BCUT2D eigenvalue weighted by molar-refractivity contribution is 5.80. The lowest BCUT2D eigenvalue weighted by Crippen LogP contribution is -2.39. The molecule has 0 unspecified atom stereocenters. The summed E-state index contributed by atoms with van der Waals surface area (Å²) in [5.74, 6) is 0.718. The van der Waals surface area contributed by atoms with Gasteiger partial charge in [0.05, 0.1) is 19.1 Å². The molecule has 25 heavy (non-hydrogen) atoms. The van der Waals surface area contributed by atoms with E-state index in [-0.39, 0.29) is 23.9 Å². The van der Waals surface area contributed by atoms with Crippen LogP contribution < -0.4 is 10.5 Å². The van der Waals surface area contributed by atoms with Gasteiger partial charge in [0, 0.05) is 12.6 Å². The van der Waals surface area contributed by atoms with Crippen LogP contribution in [0.4, 0.5) is 0 Å². The Morgan fingerprint density at radius 2 is 1.84 bits per heavy atom.